The van der Waals surface area contributed by atoms with E-state index in [1.54, 1.807) is 0 Å². The fourth-order valence-corrected chi connectivity index (χ4v) is 4.82. The van der Waals surface area contributed by atoms with Crippen LogP contribution in [-0.4, -0.2) is 51.5 Å². The summed E-state index contributed by atoms with van der Waals surface area (Å²) in [5.74, 6) is -3.73. The Bertz CT molecular complexity index is 1070. The van der Waals surface area contributed by atoms with Gasteiger partial charge in [0.2, 0.25) is 0 Å². The van der Waals surface area contributed by atoms with Gasteiger partial charge in [-0.15, -0.1) is 0 Å². The Morgan fingerprint density at radius 1 is 1.10 bits per heavy atom. The van der Waals surface area contributed by atoms with E-state index in [-0.39, 0.29) is 24.9 Å². The number of imidazole rings is 1. The minimum absolute atomic E-state index is 0.0871. The highest BCUT2D eigenvalue weighted by molar-refractivity contribution is 5.83. The number of fused-ring (bicyclic) bond motifs is 1. The number of halogens is 4. The standard InChI is InChI=1S/C23H26F4N4/c1-3-19-21(30-8-6-23(26,27)7-9-30)10-14(13-29(19)2)22-28-18-11-16(24)17(25)12-20(18)31(22)15-4-5-15/h10-13,15,19H,3-9H2,1-2H3. The Morgan fingerprint density at radius 2 is 1.77 bits per heavy atom. The quantitative estimate of drug-likeness (QED) is 0.608. The summed E-state index contributed by atoms with van der Waals surface area (Å²) in [5, 5.41) is 0. The zero-order valence-electron chi connectivity index (χ0n) is 17.7. The molecular weight excluding hydrogens is 408 g/mol. The van der Waals surface area contributed by atoms with Crippen LogP contribution in [-0.2, 0) is 0 Å². The number of likely N-dealkylation sites (N-methyl/N-ethyl adjacent to an activating group) is 1. The summed E-state index contributed by atoms with van der Waals surface area (Å²) in [7, 11) is 1.98. The molecule has 2 aromatic rings. The number of hydrogen-bond acceptors (Lipinski definition) is 3. The second-order valence-electron chi connectivity index (χ2n) is 8.88. The van der Waals surface area contributed by atoms with Gasteiger partial charge in [0.15, 0.2) is 11.6 Å². The molecule has 0 amide bonds. The second-order valence-corrected chi connectivity index (χ2v) is 8.88. The van der Waals surface area contributed by atoms with Gasteiger partial charge in [-0.1, -0.05) is 6.92 Å². The average molecular weight is 434 g/mol. The van der Waals surface area contributed by atoms with Crippen molar-refractivity contribution >= 4 is 16.6 Å². The summed E-state index contributed by atoms with van der Waals surface area (Å²) in [6.07, 6.45) is 6.51. The van der Waals surface area contributed by atoms with Crippen molar-refractivity contribution in [2.45, 2.75) is 57.0 Å². The van der Waals surface area contributed by atoms with Crippen molar-refractivity contribution in [1.82, 2.24) is 19.4 Å². The van der Waals surface area contributed by atoms with Gasteiger partial charge in [-0.25, -0.2) is 22.5 Å². The van der Waals surface area contributed by atoms with E-state index < -0.39 is 17.6 Å². The number of benzene rings is 1. The molecule has 0 radical (unpaired) electrons. The largest absolute Gasteiger partial charge is 0.373 e. The van der Waals surface area contributed by atoms with Gasteiger partial charge in [0.25, 0.3) is 5.92 Å². The molecule has 31 heavy (non-hydrogen) atoms. The van der Waals surface area contributed by atoms with Gasteiger partial charge in [0.05, 0.1) is 17.1 Å². The first kappa shape index (κ1) is 20.4. The normalized spacial score (nSPS) is 23.9. The van der Waals surface area contributed by atoms with Crippen molar-refractivity contribution in [3.05, 3.63) is 47.6 Å². The van der Waals surface area contributed by atoms with E-state index in [4.69, 9.17) is 0 Å². The molecule has 2 aliphatic heterocycles. The molecule has 1 saturated carbocycles. The third-order valence-corrected chi connectivity index (χ3v) is 6.63. The molecule has 0 spiro atoms. The molecule has 1 aromatic carbocycles. The van der Waals surface area contributed by atoms with Gasteiger partial charge in [-0.3, -0.25) is 0 Å². The number of piperidine rings is 1. The van der Waals surface area contributed by atoms with Gasteiger partial charge < -0.3 is 14.4 Å². The summed E-state index contributed by atoms with van der Waals surface area (Å²) in [5.41, 5.74) is 2.85. The zero-order chi connectivity index (χ0) is 21.9. The minimum Gasteiger partial charge on any atom is -0.373 e. The highest BCUT2D eigenvalue weighted by Crippen LogP contribution is 2.42. The van der Waals surface area contributed by atoms with Crippen LogP contribution in [0.2, 0.25) is 0 Å². The molecule has 5 rings (SSSR count). The molecule has 8 heteroatoms. The summed E-state index contributed by atoms with van der Waals surface area (Å²) in [4.78, 5) is 8.81. The first-order valence-electron chi connectivity index (χ1n) is 10.9. The van der Waals surface area contributed by atoms with Crippen molar-refractivity contribution in [1.29, 1.82) is 0 Å². The van der Waals surface area contributed by atoms with E-state index in [0.717, 1.165) is 36.6 Å². The minimum atomic E-state index is -2.61. The lowest BCUT2D eigenvalue weighted by Crippen LogP contribution is -2.45. The smallest absolute Gasteiger partial charge is 0.251 e. The van der Waals surface area contributed by atoms with Gasteiger partial charge in [-0.05, 0) is 25.3 Å². The van der Waals surface area contributed by atoms with E-state index in [1.807, 2.05) is 23.9 Å². The van der Waals surface area contributed by atoms with Crippen LogP contribution in [0, 0.1) is 11.6 Å². The molecule has 1 aliphatic carbocycles. The number of aromatic nitrogens is 2. The Morgan fingerprint density at radius 3 is 2.42 bits per heavy atom. The molecular formula is C23H26F4N4. The first-order chi connectivity index (χ1) is 14.8. The van der Waals surface area contributed by atoms with E-state index >= 15 is 0 Å². The summed E-state index contributed by atoms with van der Waals surface area (Å²) >= 11 is 0. The molecule has 4 nitrogen and oxygen atoms in total. The Balaban J connectivity index is 1.59. The first-order valence-corrected chi connectivity index (χ1v) is 10.9. The summed E-state index contributed by atoms with van der Waals surface area (Å²) in [6, 6.07) is 2.67. The molecule has 0 N–H and O–H groups in total. The number of alkyl halides is 2. The van der Waals surface area contributed by atoms with Crippen LogP contribution in [0.15, 0.2) is 30.1 Å². The van der Waals surface area contributed by atoms with Crippen LogP contribution < -0.4 is 0 Å². The monoisotopic (exact) mass is 434 g/mol. The number of rotatable bonds is 4. The van der Waals surface area contributed by atoms with Crippen LogP contribution in [0.5, 0.6) is 0 Å². The number of allylic oxidation sites excluding steroid dienone is 2. The van der Waals surface area contributed by atoms with Gasteiger partial charge in [-0.2, -0.15) is 0 Å². The Hall–Kier alpha value is -2.51. The van der Waals surface area contributed by atoms with Crippen molar-refractivity contribution < 1.29 is 17.6 Å². The molecule has 1 unspecified atom stereocenters. The molecule has 3 aliphatic rings. The molecule has 3 heterocycles. The molecule has 1 aromatic heterocycles. The lowest BCUT2D eigenvalue weighted by Gasteiger charge is -2.42. The van der Waals surface area contributed by atoms with Crippen molar-refractivity contribution in [3.8, 4) is 0 Å². The van der Waals surface area contributed by atoms with E-state index in [2.05, 4.69) is 21.7 Å². The van der Waals surface area contributed by atoms with E-state index in [1.165, 1.54) is 6.07 Å². The fraction of sp³-hybridized carbons (Fsp3) is 0.522. The second kappa shape index (κ2) is 7.28. The van der Waals surface area contributed by atoms with Crippen molar-refractivity contribution in [2.75, 3.05) is 20.1 Å². The lowest BCUT2D eigenvalue weighted by atomic mass is 9.98. The van der Waals surface area contributed by atoms with Crippen LogP contribution in [0.25, 0.3) is 16.6 Å². The summed E-state index contributed by atoms with van der Waals surface area (Å²) < 4.78 is 57.3. The van der Waals surface area contributed by atoms with E-state index in [9.17, 15) is 17.6 Å². The Kier molecular flexibility index (Phi) is 4.79. The number of likely N-dealkylation sites (tertiary alicyclic amines) is 1. The fourth-order valence-electron chi connectivity index (χ4n) is 4.82. The Labute approximate surface area is 178 Å². The highest BCUT2D eigenvalue weighted by Gasteiger charge is 2.37. The third-order valence-electron chi connectivity index (χ3n) is 6.63. The molecule has 0 bridgehead atoms. The third kappa shape index (κ3) is 3.59. The van der Waals surface area contributed by atoms with Crippen LogP contribution >= 0.6 is 0 Å². The predicted molar refractivity (Wildman–Crippen MR) is 112 cm³/mol. The van der Waals surface area contributed by atoms with Crippen LogP contribution in [0.4, 0.5) is 17.6 Å². The van der Waals surface area contributed by atoms with Crippen LogP contribution in [0.1, 0.15) is 50.9 Å². The molecule has 2 fully saturated rings. The van der Waals surface area contributed by atoms with Crippen LogP contribution in [0.3, 0.4) is 0 Å². The summed E-state index contributed by atoms with van der Waals surface area (Å²) in [6.45, 7) is 2.70. The maximum atomic E-state index is 14.0. The van der Waals surface area contributed by atoms with Gasteiger partial charge in [0.1, 0.15) is 5.82 Å². The average Bonchev–Trinajstić information content (AvgIpc) is 3.49. The maximum Gasteiger partial charge on any atom is 0.251 e. The topological polar surface area (TPSA) is 24.3 Å². The van der Waals surface area contributed by atoms with Gasteiger partial charge in [0, 0.05) is 68.6 Å². The zero-order valence-corrected chi connectivity index (χ0v) is 17.7. The van der Waals surface area contributed by atoms with E-state index in [0.29, 0.717) is 29.9 Å². The van der Waals surface area contributed by atoms with Crippen molar-refractivity contribution in [2.24, 2.45) is 0 Å². The number of nitrogens with zero attached hydrogens (tertiary/aromatic N) is 4. The SMILES string of the molecule is CCC1C(N2CCC(F)(F)CC2)=CC(c2nc3cc(F)c(F)cc3n2C2CC2)=CN1C. The number of hydrogen-bond donors (Lipinski definition) is 0. The molecule has 1 atom stereocenters. The lowest BCUT2D eigenvalue weighted by molar-refractivity contribution is -0.0508. The molecule has 166 valence electrons. The molecule has 1 saturated heterocycles. The van der Waals surface area contributed by atoms with Crippen molar-refractivity contribution in [3.63, 3.8) is 0 Å². The van der Waals surface area contributed by atoms with Gasteiger partial charge >= 0.3 is 0 Å². The highest BCUT2D eigenvalue weighted by atomic mass is 19.3. The predicted octanol–water partition coefficient (Wildman–Crippen LogP) is 5.33. The maximum absolute atomic E-state index is 14.0.